The van der Waals surface area contributed by atoms with Crippen LogP contribution < -0.4 is 10.6 Å². The first-order valence-electron chi connectivity index (χ1n) is 6.76. The van der Waals surface area contributed by atoms with Crippen LogP contribution in [0.4, 0.5) is 13.2 Å². The highest BCUT2D eigenvalue weighted by atomic mass is 32.2. The lowest BCUT2D eigenvalue weighted by atomic mass is 10.2. The first-order valence-corrected chi connectivity index (χ1v) is 7.74. The van der Waals surface area contributed by atoms with E-state index in [1.807, 2.05) is 0 Å². The fourth-order valence-corrected chi connectivity index (χ4v) is 2.55. The molecule has 0 fully saturated rings. The molecular formula is C13H11F3N6O2S. The van der Waals surface area contributed by atoms with Crippen LogP contribution in [0.3, 0.4) is 0 Å². The fourth-order valence-electron chi connectivity index (χ4n) is 1.86. The summed E-state index contributed by atoms with van der Waals surface area (Å²) < 4.78 is 48.7. The Hall–Kier alpha value is -2.76. The minimum atomic E-state index is -4.67. The number of halogens is 3. The van der Waals surface area contributed by atoms with Crippen molar-refractivity contribution in [2.24, 2.45) is 0 Å². The van der Waals surface area contributed by atoms with Gasteiger partial charge in [0.1, 0.15) is 5.75 Å². The van der Waals surface area contributed by atoms with Crippen LogP contribution in [0, 0.1) is 0 Å². The maximum absolute atomic E-state index is 12.6. The van der Waals surface area contributed by atoms with Crippen LogP contribution in [0.2, 0.25) is 0 Å². The van der Waals surface area contributed by atoms with Gasteiger partial charge >= 0.3 is 6.18 Å². The number of nitrogen functional groups attached to an aromatic ring is 1. The van der Waals surface area contributed by atoms with Crippen LogP contribution >= 0.6 is 11.8 Å². The van der Waals surface area contributed by atoms with Crippen molar-refractivity contribution in [1.29, 1.82) is 0 Å². The molecule has 0 aliphatic carbocycles. The van der Waals surface area contributed by atoms with Crippen molar-refractivity contribution in [3.8, 4) is 17.2 Å². The molecule has 2 aromatic heterocycles. The molecule has 2 heterocycles. The van der Waals surface area contributed by atoms with Gasteiger partial charge in [-0.2, -0.15) is 13.2 Å². The van der Waals surface area contributed by atoms with E-state index in [0.29, 0.717) is 16.0 Å². The molecule has 25 heavy (non-hydrogen) atoms. The second kappa shape index (κ2) is 6.63. The van der Waals surface area contributed by atoms with Gasteiger partial charge in [-0.3, -0.25) is 0 Å². The summed E-state index contributed by atoms with van der Waals surface area (Å²) in [4.78, 5) is 0. The van der Waals surface area contributed by atoms with E-state index in [9.17, 15) is 13.2 Å². The number of aromatic nitrogens is 5. The lowest BCUT2D eigenvalue weighted by Gasteiger charge is -2.05. The lowest BCUT2D eigenvalue weighted by Crippen LogP contribution is -2.21. The summed E-state index contributed by atoms with van der Waals surface area (Å²) in [6.07, 6.45) is -4.67. The second-order valence-electron chi connectivity index (χ2n) is 4.69. The van der Waals surface area contributed by atoms with Crippen LogP contribution in [-0.2, 0) is 11.9 Å². The fraction of sp³-hybridized carbons (Fsp3) is 0.231. The summed E-state index contributed by atoms with van der Waals surface area (Å²) >= 11 is 0.900. The van der Waals surface area contributed by atoms with Crippen molar-refractivity contribution in [2.75, 3.05) is 13.0 Å². The summed E-state index contributed by atoms with van der Waals surface area (Å²) in [5, 5.41) is 14.1. The van der Waals surface area contributed by atoms with Gasteiger partial charge in [0.25, 0.3) is 5.82 Å². The van der Waals surface area contributed by atoms with Crippen LogP contribution in [0.5, 0.6) is 5.75 Å². The Labute approximate surface area is 143 Å². The summed E-state index contributed by atoms with van der Waals surface area (Å²) in [6.45, 7) is 0. The van der Waals surface area contributed by atoms with Gasteiger partial charge in [-0.1, -0.05) is 11.8 Å². The molecule has 3 aromatic rings. The molecule has 0 atom stereocenters. The number of methoxy groups -OCH3 is 1. The lowest BCUT2D eigenvalue weighted by molar-refractivity contribution is -0.146. The largest absolute Gasteiger partial charge is 0.497 e. The molecule has 0 bridgehead atoms. The molecule has 0 saturated heterocycles. The van der Waals surface area contributed by atoms with Gasteiger partial charge in [0.15, 0.2) is 0 Å². The van der Waals surface area contributed by atoms with Gasteiger partial charge in [0, 0.05) is 5.56 Å². The van der Waals surface area contributed by atoms with E-state index in [1.165, 1.54) is 0 Å². The molecule has 8 nitrogen and oxygen atoms in total. The van der Waals surface area contributed by atoms with Crippen molar-refractivity contribution in [3.63, 3.8) is 0 Å². The third-order valence-corrected chi connectivity index (χ3v) is 3.97. The smallest absolute Gasteiger partial charge is 0.453 e. The maximum atomic E-state index is 12.6. The average Bonchev–Trinajstić information content (AvgIpc) is 3.19. The summed E-state index contributed by atoms with van der Waals surface area (Å²) in [7, 11) is 1.55. The van der Waals surface area contributed by atoms with Gasteiger partial charge in [-0.05, 0) is 24.3 Å². The van der Waals surface area contributed by atoms with E-state index in [2.05, 4.69) is 20.4 Å². The number of nitrogens with two attached hydrogens (primary N) is 1. The van der Waals surface area contributed by atoms with Crippen molar-refractivity contribution in [2.45, 2.75) is 17.1 Å². The molecule has 12 heteroatoms. The second-order valence-corrected chi connectivity index (χ2v) is 5.63. The number of hydrogen-bond acceptors (Lipinski definition) is 8. The van der Waals surface area contributed by atoms with Crippen molar-refractivity contribution in [1.82, 2.24) is 25.1 Å². The normalized spacial score (nSPS) is 11.7. The highest BCUT2D eigenvalue weighted by molar-refractivity contribution is 7.98. The Balaban J connectivity index is 1.69. The molecule has 132 valence electrons. The first-order chi connectivity index (χ1) is 11.9. The molecule has 3 rings (SSSR count). The molecular weight excluding hydrogens is 361 g/mol. The SMILES string of the molecule is COc1ccc(-c2nnc(CSc3nnc(C(F)(F)F)n3N)o2)cc1. The van der Waals surface area contributed by atoms with E-state index in [-0.39, 0.29) is 22.7 Å². The summed E-state index contributed by atoms with van der Waals surface area (Å²) in [5.74, 6) is 5.34. The van der Waals surface area contributed by atoms with Gasteiger partial charge in [-0.25, -0.2) is 4.68 Å². The molecule has 0 radical (unpaired) electrons. The zero-order valence-electron chi connectivity index (χ0n) is 12.7. The molecule has 0 spiro atoms. The number of thioether (sulfide) groups is 1. The molecule has 0 aliphatic rings. The van der Waals surface area contributed by atoms with Gasteiger partial charge in [0.2, 0.25) is 16.9 Å². The number of rotatable bonds is 5. The van der Waals surface area contributed by atoms with Crippen LogP contribution in [0.1, 0.15) is 11.7 Å². The summed E-state index contributed by atoms with van der Waals surface area (Å²) in [6, 6.07) is 6.97. The number of hydrogen-bond donors (Lipinski definition) is 1. The van der Waals surface area contributed by atoms with E-state index in [1.54, 1.807) is 31.4 Å². The monoisotopic (exact) mass is 372 g/mol. The van der Waals surface area contributed by atoms with Gasteiger partial charge in [-0.15, -0.1) is 20.4 Å². The Morgan fingerprint density at radius 1 is 1.16 bits per heavy atom. The van der Waals surface area contributed by atoms with Gasteiger partial charge < -0.3 is 15.0 Å². The molecule has 0 unspecified atom stereocenters. The zero-order chi connectivity index (χ0) is 18.0. The van der Waals surface area contributed by atoms with E-state index in [0.717, 1.165) is 11.8 Å². The Morgan fingerprint density at radius 2 is 1.88 bits per heavy atom. The Morgan fingerprint density at radius 3 is 2.48 bits per heavy atom. The number of ether oxygens (including phenoxy) is 1. The Kier molecular flexibility index (Phi) is 4.53. The molecule has 1 aromatic carbocycles. The highest BCUT2D eigenvalue weighted by Gasteiger charge is 2.38. The van der Waals surface area contributed by atoms with Crippen LogP contribution in [-0.4, -0.2) is 32.2 Å². The van der Waals surface area contributed by atoms with E-state index in [4.69, 9.17) is 15.0 Å². The van der Waals surface area contributed by atoms with Crippen molar-refractivity contribution in [3.05, 3.63) is 36.0 Å². The van der Waals surface area contributed by atoms with Crippen molar-refractivity contribution >= 4 is 11.8 Å². The minimum Gasteiger partial charge on any atom is -0.497 e. The molecule has 0 saturated carbocycles. The van der Waals surface area contributed by atoms with Crippen LogP contribution in [0.15, 0.2) is 33.8 Å². The number of alkyl halides is 3. The predicted octanol–water partition coefficient (Wildman–Crippen LogP) is 2.36. The molecule has 2 N–H and O–H groups in total. The van der Waals surface area contributed by atoms with E-state index >= 15 is 0 Å². The zero-order valence-corrected chi connectivity index (χ0v) is 13.5. The van der Waals surface area contributed by atoms with E-state index < -0.39 is 12.0 Å². The topological polar surface area (TPSA) is 105 Å². The maximum Gasteiger partial charge on any atom is 0.453 e. The van der Waals surface area contributed by atoms with Crippen LogP contribution in [0.25, 0.3) is 11.5 Å². The van der Waals surface area contributed by atoms with Gasteiger partial charge in [0.05, 0.1) is 12.9 Å². The molecule has 0 aliphatic heterocycles. The first kappa shape index (κ1) is 17.1. The quantitative estimate of drug-likeness (QED) is 0.538. The Bertz CT molecular complexity index is 862. The third kappa shape index (κ3) is 3.68. The average molecular weight is 372 g/mol. The summed E-state index contributed by atoms with van der Waals surface area (Å²) in [5.41, 5.74) is 0.686. The minimum absolute atomic E-state index is 0.0936. The third-order valence-electron chi connectivity index (χ3n) is 3.05. The predicted molar refractivity (Wildman–Crippen MR) is 81.0 cm³/mol. The molecule has 0 amide bonds. The number of benzene rings is 1. The highest BCUT2D eigenvalue weighted by Crippen LogP contribution is 2.30. The number of nitrogens with zero attached hydrogens (tertiary/aromatic N) is 5. The standard InChI is InChI=1S/C13H11F3N6O2S/c1-23-8-4-2-7(3-5-8)10-19-18-9(24-10)6-25-12-21-20-11(22(12)17)13(14,15)16/h2-5H,6,17H2,1H3. The van der Waals surface area contributed by atoms with Crippen molar-refractivity contribution < 1.29 is 22.3 Å².